The minimum absolute atomic E-state index is 0.0342. The first-order valence-corrected chi connectivity index (χ1v) is 8.43. The Morgan fingerprint density at radius 1 is 1.04 bits per heavy atom. The molecule has 0 fully saturated rings. The minimum atomic E-state index is -0.473. The molecule has 0 aliphatic rings. The van der Waals surface area contributed by atoms with Crippen LogP contribution in [0.25, 0.3) is 11.0 Å². The van der Waals surface area contributed by atoms with Gasteiger partial charge in [0.05, 0.1) is 30.4 Å². The Morgan fingerprint density at radius 3 is 2.52 bits per heavy atom. The molecule has 0 saturated carbocycles. The molecule has 2 aromatic heterocycles. The maximum absolute atomic E-state index is 12.8. The van der Waals surface area contributed by atoms with Gasteiger partial charge in [0.1, 0.15) is 5.58 Å². The molecule has 0 aliphatic heterocycles. The van der Waals surface area contributed by atoms with Gasteiger partial charge in [-0.1, -0.05) is 42.5 Å². The molecule has 0 bridgehead atoms. The zero-order valence-electron chi connectivity index (χ0n) is 14.3. The quantitative estimate of drug-likeness (QED) is 0.591. The fraction of sp³-hybridized carbons (Fsp3) is 0.100. The number of amides is 1. The monoisotopic (exact) mass is 360 g/mol. The van der Waals surface area contributed by atoms with Gasteiger partial charge in [-0.15, -0.1) is 0 Å². The standard InChI is InChI=1S/C20H16N4O3/c25-17-12-19(27-18-9-5-4-8-15(17)18)20(26)23-16(13-24-21-10-11-22-24)14-6-2-1-3-7-14/h1-12,16H,13H2,(H,23,26). The number of fused-ring (bicyclic) bond motifs is 1. The van der Waals surface area contributed by atoms with Crippen LogP contribution in [0.2, 0.25) is 0 Å². The molecule has 4 rings (SSSR count). The lowest BCUT2D eigenvalue weighted by molar-refractivity contribution is 0.0903. The van der Waals surface area contributed by atoms with Crippen molar-refractivity contribution in [2.45, 2.75) is 12.6 Å². The Morgan fingerprint density at radius 2 is 1.74 bits per heavy atom. The summed E-state index contributed by atoms with van der Waals surface area (Å²) in [5.74, 6) is -0.507. The predicted octanol–water partition coefficient (Wildman–Crippen LogP) is 2.56. The Bertz CT molecular complexity index is 1120. The van der Waals surface area contributed by atoms with E-state index in [4.69, 9.17) is 4.42 Å². The molecule has 2 aromatic carbocycles. The molecule has 2 heterocycles. The summed E-state index contributed by atoms with van der Waals surface area (Å²) in [6.07, 6.45) is 3.15. The molecule has 134 valence electrons. The molecule has 1 atom stereocenters. The summed E-state index contributed by atoms with van der Waals surface area (Å²) in [7, 11) is 0. The Kier molecular flexibility index (Phi) is 4.49. The number of rotatable bonds is 5. The van der Waals surface area contributed by atoms with Crippen LogP contribution < -0.4 is 10.7 Å². The lowest BCUT2D eigenvalue weighted by Crippen LogP contribution is -2.32. The molecule has 0 radical (unpaired) electrons. The van der Waals surface area contributed by atoms with E-state index < -0.39 is 5.91 Å². The maximum Gasteiger partial charge on any atom is 0.287 e. The summed E-state index contributed by atoms with van der Waals surface area (Å²) >= 11 is 0. The summed E-state index contributed by atoms with van der Waals surface area (Å²) in [5.41, 5.74) is 1.01. The lowest BCUT2D eigenvalue weighted by Gasteiger charge is -2.18. The number of hydrogen-bond acceptors (Lipinski definition) is 5. The topological polar surface area (TPSA) is 90.0 Å². The van der Waals surface area contributed by atoms with Crippen LogP contribution in [-0.4, -0.2) is 20.9 Å². The second-order valence-corrected chi connectivity index (χ2v) is 5.99. The highest BCUT2D eigenvalue weighted by atomic mass is 16.3. The van der Waals surface area contributed by atoms with Crippen LogP contribution in [0.15, 0.2) is 82.3 Å². The Balaban J connectivity index is 1.64. The second kappa shape index (κ2) is 7.25. The van der Waals surface area contributed by atoms with Gasteiger partial charge in [0.2, 0.25) is 0 Å². The van der Waals surface area contributed by atoms with Crippen LogP contribution in [0.1, 0.15) is 22.2 Å². The van der Waals surface area contributed by atoms with Crippen LogP contribution in [0.3, 0.4) is 0 Å². The maximum atomic E-state index is 12.8. The molecule has 0 aliphatic carbocycles. The van der Waals surface area contributed by atoms with Crippen molar-refractivity contribution in [2.24, 2.45) is 0 Å². The van der Waals surface area contributed by atoms with Gasteiger partial charge in [-0.3, -0.25) is 9.59 Å². The molecular weight excluding hydrogens is 344 g/mol. The number of nitrogens with zero attached hydrogens (tertiary/aromatic N) is 3. The number of hydrogen-bond donors (Lipinski definition) is 1. The summed E-state index contributed by atoms with van der Waals surface area (Å²) in [5, 5.41) is 11.5. The van der Waals surface area contributed by atoms with E-state index >= 15 is 0 Å². The number of para-hydroxylation sites is 1. The van der Waals surface area contributed by atoms with E-state index in [0.29, 0.717) is 17.5 Å². The van der Waals surface area contributed by atoms with Gasteiger partial charge in [-0.25, -0.2) is 0 Å². The van der Waals surface area contributed by atoms with E-state index in [1.54, 1.807) is 36.7 Å². The van der Waals surface area contributed by atoms with Gasteiger partial charge in [-0.2, -0.15) is 15.0 Å². The highest BCUT2D eigenvalue weighted by Crippen LogP contribution is 2.17. The van der Waals surface area contributed by atoms with E-state index in [9.17, 15) is 9.59 Å². The zero-order chi connectivity index (χ0) is 18.6. The fourth-order valence-electron chi connectivity index (χ4n) is 2.87. The van der Waals surface area contributed by atoms with Crippen molar-refractivity contribution >= 4 is 16.9 Å². The van der Waals surface area contributed by atoms with E-state index in [2.05, 4.69) is 15.5 Å². The van der Waals surface area contributed by atoms with Crippen LogP contribution in [0.5, 0.6) is 0 Å². The smallest absolute Gasteiger partial charge is 0.287 e. The first-order chi connectivity index (χ1) is 13.2. The molecule has 1 N–H and O–H groups in total. The fourth-order valence-corrected chi connectivity index (χ4v) is 2.87. The predicted molar refractivity (Wildman–Crippen MR) is 99.2 cm³/mol. The van der Waals surface area contributed by atoms with E-state index in [-0.39, 0.29) is 17.2 Å². The molecule has 4 aromatic rings. The van der Waals surface area contributed by atoms with E-state index in [0.717, 1.165) is 5.56 Å². The first kappa shape index (κ1) is 16.7. The SMILES string of the molecule is O=C(NC(Cn1nccn1)c1ccccc1)c1cc(=O)c2ccccc2o1. The third-order valence-electron chi connectivity index (χ3n) is 4.18. The van der Waals surface area contributed by atoms with Crippen molar-refractivity contribution in [3.63, 3.8) is 0 Å². The molecule has 7 nitrogen and oxygen atoms in total. The third kappa shape index (κ3) is 3.62. The van der Waals surface area contributed by atoms with Crippen molar-refractivity contribution in [1.29, 1.82) is 0 Å². The number of nitrogens with one attached hydrogen (secondary N) is 1. The van der Waals surface area contributed by atoms with Crippen LogP contribution >= 0.6 is 0 Å². The molecule has 0 spiro atoms. The summed E-state index contributed by atoms with van der Waals surface area (Å²) < 4.78 is 5.63. The van der Waals surface area contributed by atoms with Gasteiger partial charge in [0.15, 0.2) is 11.2 Å². The molecule has 1 amide bonds. The third-order valence-corrected chi connectivity index (χ3v) is 4.18. The molecule has 7 heteroatoms. The number of carbonyl (C=O) groups excluding carboxylic acids is 1. The van der Waals surface area contributed by atoms with E-state index in [1.807, 2.05) is 30.3 Å². The van der Waals surface area contributed by atoms with E-state index in [1.165, 1.54) is 10.9 Å². The Hall–Kier alpha value is -3.74. The number of carbonyl (C=O) groups is 1. The van der Waals surface area contributed by atoms with Crippen molar-refractivity contribution in [3.8, 4) is 0 Å². The van der Waals surface area contributed by atoms with Crippen molar-refractivity contribution in [1.82, 2.24) is 20.3 Å². The number of benzene rings is 2. The van der Waals surface area contributed by atoms with Crippen molar-refractivity contribution in [2.75, 3.05) is 0 Å². The van der Waals surface area contributed by atoms with Crippen LogP contribution in [-0.2, 0) is 6.54 Å². The highest BCUT2D eigenvalue weighted by molar-refractivity contribution is 5.93. The van der Waals surface area contributed by atoms with Crippen LogP contribution in [0, 0.1) is 0 Å². The summed E-state index contributed by atoms with van der Waals surface area (Å²) in [4.78, 5) is 26.5. The average molecular weight is 360 g/mol. The highest BCUT2D eigenvalue weighted by Gasteiger charge is 2.19. The number of aromatic nitrogens is 3. The molecule has 0 saturated heterocycles. The first-order valence-electron chi connectivity index (χ1n) is 8.43. The molecule has 27 heavy (non-hydrogen) atoms. The van der Waals surface area contributed by atoms with Gasteiger partial charge in [0.25, 0.3) is 5.91 Å². The largest absolute Gasteiger partial charge is 0.451 e. The van der Waals surface area contributed by atoms with Crippen LogP contribution in [0.4, 0.5) is 0 Å². The Labute approximate surface area is 154 Å². The lowest BCUT2D eigenvalue weighted by atomic mass is 10.1. The van der Waals surface area contributed by atoms with Gasteiger partial charge < -0.3 is 9.73 Å². The molecular formula is C20H16N4O3. The van der Waals surface area contributed by atoms with Gasteiger partial charge >= 0.3 is 0 Å². The summed E-state index contributed by atoms with van der Waals surface area (Å²) in [6, 6.07) is 17.2. The molecule has 1 unspecified atom stereocenters. The van der Waals surface area contributed by atoms with Gasteiger partial charge in [-0.05, 0) is 17.7 Å². The zero-order valence-corrected chi connectivity index (χ0v) is 14.3. The second-order valence-electron chi connectivity index (χ2n) is 5.99. The van der Waals surface area contributed by atoms with Gasteiger partial charge in [0, 0.05) is 6.07 Å². The van der Waals surface area contributed by atoms with Crippen molar-refractivity contribution in [3.05, 3.63) is 94.6 Å². The van der Waals surface area contributed by atoms with Crippen molar-refractivity contribution < 1.29 is 9.21 Å². The minimum Gasteiger partial charge on any atom is -0.451 e. The average Bonchev–Trinajstić information content (AvgIpc) is 3.21. The summed E-state index contributed by atoms with van der Waals surface area (Å²) in [6.45, 7) is 0.348. The normalized spacial score (nSPS) is 12.0.